The highest BCUT2D eigenvalue weighted by Crippen LogP contribution is 2.38. The molecule has 1 aromatic heterocycles. The predicted molar refractivity (Wildman–Crippen MR) is 120 cm³/mol. The van der Waals surface area contributed by atoms with Crippen molar-refractivity contribution in [3.8, 4) is 17.0 Å². The number of nitrogens with two attached hydrogens (primary N) is 1. The van der Waals surface area contributed by atoms with Crippen LogP contribution in [0.5, 0.6) is 5.75 Å². The van der Waals surface area contributed by atoms with E-state index in [0.29, 0.717) is 5.92 Å². The van der Waals surface area contributed by atoms with Crippen LogP contribution < -0.4 is 10.5 Å². The number of nitrogen functional groups attached to an aromatic ring is 1. The summed E-state index contributed by atoms with van der Waals surface area (Å²) < 4.78 is 39.8. The van der Waals surface area contributed by atoms with Crippen LogP contribution >= 0.6 is 23.2 Å². The molecule has 0 atom stereocenters. The van der Waals surface area contributed by atoms with Gasteiger partial charge in [-0.25, -0.2) is 18.6 Å². The van der Waals surface area contributed by atoms with Gasteiger partial charge in [-0.2, -0.15) is 0 Å². The van der Waals surface area contributed by atoms with Crippen molar-refractivity contribution in [2.24, 2.45) is 0 Å². The number of esters is 1. The van der Waals surface area contributed by atoms with E-state index in [1.807, 2.05) is 24.3 Å². The summed E-state index contributed by atoms with van der Waals surface area (Å²) in [5, 5.41) is -0.438. The molecule has 2 aromatic carbocycles. The van der Waals surface area contributed by atoms with Gasteiger partial charge in [-0.05, 0) is 29.2 Å². The molecule has 3 aromatic rings. The van der Waals surface area contributed by atoms with Crippen molar-refractivity contribution in [1.82, 2.24) is 4.98 Å². The van der Waals surface area contributed by atoms with Crippen molar-refractivity contribution in [1.29, 1.82) is 0 Å². The third-order valence-corrected chi connectivity index (χ3v) is 5.51. The van der Waals surface area contributed by atoms with Crippen molar-refractivity contribution in [2.45, 2.75) is 26.4 Å². The monoisotopic (exact) mass is 480 g/mol. The average molecular weight is 481 g/mol. The Hall–Kier alpha value is -2.90. The van der Waals surface area contributed by atoms with E-state index in [0.717, 1.165) is 11.1 Å². The van der Waals surface area contributed by atoms with Crippen molar-refractivity contribution in [3.05, 3.63) is 74.9 Å². The summed E-state index contributed by atoms with van der Waals surface area (Å²) in [6.07, 6.45) is 0. The molecule has 0 radical (unpaired) electrons. The van der Waals surface area contributed by atoms with E-state index in [-0.39, 0.29) is 22.9 Å². The minimum absolute atomic E-state index is 0.0146. The van der Waals surface area contributed by atoms with Gasteiger partial charge in [0.2, 0.25) is 0 Å². The van der Waals surface area contributed by atoms with E-state index in [2.05, 4.69) is 18.8 Å². The van der Waals surface area contributed by atoms with E-state index < -0.39 is 39.7 Å². The van der Waals surface area contributed by atoms with E-state index >= 15 is 0 Å². The van der Waals surface area contributed by atoms with Gasteiger partial charge in [0.25, 0.3) is 0 Å². The zero-order chi connectivity index (χ0) is 23.6. The quantitative estimate of drug-likeness (QED) is 0.412. The van der Waals surface area contributed by atoms with Gasteiger partial charge >= 0.3 is 5.97 Å². The number of hydrogen-bond acceptors (Lipinski definition) is 5. The second-order valence-corrected chi connectivity index (χ2v) is 8.05. The number of carbonyl (C=O) groups excluding carboxylic acids is 1. The van der Waals surface area contributed by atoms with Crippen LogP contribution in [0.1, 0.15) is 41.4 Å². The number of nitrogens with zero attached hydrogens (tertiary/aromatic N) is 1. The maximum Gasteiger partial charge on any atom is 0.358 e. The van der Waals surface area contributed by atoms with Gasteiger partial charge in [-0.15, -0.1) is 0 Å². The number of halogens is 4. The Morgan fingerprint density at radius 1 is 1.09 bits per heavy atom. The van der Waals surface area contributed by atoms with Crippen LogP contribution in [0.2, 0.25) is 10.0 Å². The second kappa shape index (κ2) is 9.71. The van der Waals surface area contributed by atoms with E-state index in [1.165, 1.54) is 19.2 Å². The summed E-state index contributed by atoms with van der Waals surface area (Å²) in [4.78, 5) is 16.6. The number of methoxy groups -OCH3 is 1. The van der Waals surface area contributed by atoms with Crippen LogP contribution in [0.25, 0.3) is 11.3 Å². The SMILES string of the molecule is COc1c(Cl)ccc(-c2nc(C(=O)OCc3ccc(C(C)C)cc3)c(Cl)c(N)c2F)c1F. The summed E-state index contributed by atoms with van der Waals surface area (Å²) in [6, 6.07) is 10.0. The largest absolute Gasteiger partial charge is 0.492 e. The molecule has 5 nitrogen and oxygen atoms in total. The molecule has 0 spiro atoms. The molecule has 0 saturated heterocycles. The lowest BCUT2D eigenvalue weighted by Crippen LogP contribution is -2.12. The van der Waals surface area contributed by atoms with Gasteiger partial charge < -0.3 is 15.2 Å². The minimum atomic E-state index is -1.08. The Kier molecular flexibility index (Phi) is 7.21. The van der Waals surface area contributed by atoms with Crippen LogP contribution in [0.4, 0.5) is 14.5 Å². The zero-order valence-corrected chi connectivity index (χ0v) is 19.0. The molecule has 3 rings (SSSR count). The van der Waals surface area contributed by atoms with Gasteiger partial charge in [0, 0.05) is 5.56 Å². The molecule has 0 saturated carbocycles. The smallest absolute Gasteiger partial charge is 0.358 e. The van der Waals surface area contributed by atoms with Gasteiger partial charge in [0.15, 0.2) is 23.1 Å². The van der Waals surface area contributed by atoms with Crippen molar-refractivity contribution in [2.75, 3.05) is 12.8 Å². The lowest BCUT2D eigenvalue weighted by atomic mass is 10.0. The Balaban J connectivity index is 1.94. The van der Waals surface area contributed by atoms with Crippen LogP contribution in [0.15, 0.2) is 36.4 Å². The van der Waals surface area contributed by atoms with E-state index in [9.17, 15) is 13.6 Å². The molecule has 0 bridgehead atoms. The number of rotatable bonds is 6. The molecule has 168 valence electrons. The molecule has 1 heterocycles. The Morgan fingerprint density at radius 3 is 2.34 bits per heavy atom. The molecule has 0 aliphatic rings. The zero-order valence-electron chi connectivity index (χ0n) is 17.5. The fourth-order valence-corrected chi connectivity index (χ4v) is 3.42. The Bertz CT molecular complexity index is 1170. The number of aromatic nitrogens is 1. The van der Waals surface area contributed by atoms with Crippen molar-refractivity contribution >= 4 is 34.9 Å². The number of benzene rings is 2. The first-order chi connectivity index (χ1) is 15.1. The normalized spacial score (nSPS) is 11.0. The van der Waals surface area contributed by atoms with Crippen molar-refractivity contribution in [3.63, 3.8) is 0 Å². The van der Waals surface area contributed by atoms with Crippen LogP contribution in [0.3, 0.4) is 0 Å². The summed E-state index contributed by atoms with van der Waals surface area (Å²) in [6.45, 7) is 4.07. The number of ether oxygens (including phenoxy) is 2. The maximum atomic E-state index is 14.8. The van der Waals surface area contributed by atoms with Crippen LogP contribution in [0, 0.1) is 11.6 Å². The van der Waals surface area contributed by atoms with Crippen LogP contribution in [-0.2, 0) is 11.3 Å². The number of carbonyl (C=O) groups is 1. The van der Waals surface area contributed by atoms with Crippen LogP contribution in [-0.4, -0.2) is 18.1 Å². The predicted octanol–water partition coefficient (Wildman–Crippen LogP) is 6.40. The van der Waals surface area contributed by atoms with E-state index in [4.69, 9.17) is 38.4 Å². The fraction of sp³-hybridized carbons (Fsp3) is 0.217. The van der Waals surface area contributed by atoms with Gasteiger partial charge in [0.1, 0.15) is 12.3 Å². The first-order valence-electron chi connectivity index (χ1n) is 9.58. The maximum absolute atomic E-state index is 14.8. The third-order valence-electron chi connectivity index (χ3n) is 4.83. The Morgan fingerprint density at radius 2 is 1.75 bits per heavy atom. The molecule has 0 unspecified atom stereocenters. The first-order valence-corrected chi connectivity index (χ1v) is 10.3. The molecular formula is C23H20Cl2F2N2O3. The third kappa shape index (κ3) is 4.64. The van der Waals surface area contributed by atoms with Gasteiger partial charge in [-0.3, -0.25) is 0 Å². The standard InChI is InChI=1S/C23H20Cl2F2N2O3/c1-11(2)13-6-4-12(5-7-13)10-32-23(30)21-16(25)19(28)18(27)20(29-21)14-8-9-15(24)22(31-3)17(14)26/h4-9,11H,10H2,1-3H3,(H2,28,29). The highest BCUT2D eigenvalue weighted by molar-refractivity contribution is 6.36. The molecule has 0 aliphatic heterocycles. The topological polar surface area (TPSA) is 74.4 Å². The molecule has 0 amide bonds. The highest BCUT2D eigenvalue weighted by atomic mass is 35.5. The number of pyridine rings is 1. The molecule has 0 aliphatic carbocycles. The molecule has 0 fully saturated rings. The lowest BCUT2D eigenvalue weighted by Gasteiger charge is -2.14. The lowest BCUT2D eigenvalue weighted by molar-refractivity contribution is 0.0466. The fourth-order valence-electron chi connectivity index (χ4n) is 2.99. The second-order valence-electron chi connectivity index (χ2n) is 7.27. The molecule has 9 heteroatoms. The molecule has 2 N–H and O–H groups in total. The first kappa shape index (κ1) is 23.8. The summed E-state index contributed by atoms with van der Waals surface area (Å²) >= 11 is 11.9. The van der Waals surface area contributed by atoms with Gasteiger partial charge in [0.05, 0.1) is 22.8 Å². The highest BCUT2D eigenvalue weighted by Gasteiger charge is 2.26. The summed E-state index contributed by atoms with van der Waals surface area (Å²) in [5.41, 5.74) is 5.79. The van der Waals surface area contributed by atoms with Gasteiger partial charge in [-0.1, -0.05) is 61.3 Å². The average Bonchev–Trinajstić information content (AvgIpc) is 2.77. The molecular weight excluding hydrogens is 461 g/mol. The molecule has 32 heavy (non-hydrogen) atoms. The van der Waals surface area contributed by atoms with E-state index in [1.54, 1.807) is 0 Å². The Labute approximate surface area is 194 Å². The number of anilines is 1. The minimum Gasteiger partial charge on any atom is -0.492 e. The summed E-state index contributed by atoms with van der Waals surface area (Å²) in [7, 11) is 1.21. The summed E-state index contributed by atoms with van der Waals surface area (Å²) in [5.74, 6) is -2.91. The number of hydrogen-bond donors (Lipinski definition) is 1. The van der Waals surface area contributed by atoms with Crippen molar-refractivity contribution < 1.29 is 23.0 Å².